The van der Waals surface area contributed by atoms with Gasteiger partial charge in [0.15, 0.2) is 0 Å². The van der Waals surface area contributed by atoms with Gasteiger partial charge in [-0.2, -0.15) is 0 Å². The van der Waals surface area contributed by atoms with Gasteiger partial charge in [0.05, 0.1) is 0 Å². The molecule has 0 amide bonds. The molecule has 0 saturated carbocycles. The third-order valence-corrected chi connectivity index (χ3v) is 24.3. The van der Waals surface area contributed by atoms with E-state index in [2.05, 4.69) is 58.6 Å². The minimum atomic E-state index is -2.54. The highest BCUT2D eigenvalue weighted by molar-refractivity contribution is 7.81. The van der Waals surface area contributed by atoms with E-state index in [1.165, 1.54) is 168 Å². The fourth-order valence-corrected chi connectivity index (χ4v) is 25.3. The Bertz CT molecular complexity index is 922. The first-order chi connectivity index (χ1) is 21.9. The van der Waals surface area contributed by atoms with Crippen LogP contribution in [0.2, 0.25) is 0 Å². The van der Waals surface area contributed by atoms with Crippen molar-refractivity contribution >= 4 is 22.9 Å². The van der Waals surface area contributed by atoms with Crippen LogP contribution >= 0.6 is 22.9 Å². The number of hydrogen-bond donors (Lipinski definition) is 1. The number of rotatable bonds is 10. The van der Waals surface area contributed by atoms with Crippen LogP contribution in [0.4, 0.5) is 0 Å². The van der Waals surface area contributed by atoms with Crippen LogP contribution < -0.4 is 5.09 Å². The quantitative estimate of drug-likeness (QED) is 0.236. The van der Waals surface area contributed by atoms with E-state index in [9.17, 15) is 0 Å². The van der Waals surface area contributed by atoms with Gasteiger partial charge in [-0.05, 0) is 120 Å². The van der Waals surface area contributed by atoms with Gasteiger partial charge in [0.1, 0.15) is 0 Å². The molecule has 0 radical (unpaired) electrons. The third kappa shape index (κ3) is 6.73. The predicted molar refractivity (Wildman–Crippen MR) is 194 cm³/mol. The van der Waals surface area contributed by atoms with E-state index in [-0.39, 0.29) is 5.54 Å². The molecule has 0 aromatic rings. The van der Waals surface area contributed by atoms with Gasteiger partial charge in [0.2, 0.25) is 15.0 Å². The minimum Gasteiger partial charge on any atom is -0.243 e. The third-order valence-electron chi connectivity index (χ3n) is 11.2. The maximum absolute atomic E-state index is 6.75. The summed E-state index contributed by atoms with van der Waals surface area (Å²) in [5.41, 5.74) is -0.0727. The Morgan fingerprint density at radius 3 is 0.844 bits per heavy atom. The summed E-state index contributed by atoms with van der Waals surface area (Å²) in [5.74, 6) is 0. The summed E-state index contributed by atoms with van der Waals surface area (Å²) in [6, 6.07) is 0. The normalized spacial score (nSPS) is 28.4. The highest BCUT2D eigenvalue weighted by Gasteiger charge is 2.60. The van der Waals surface area contributed by atoms with E-state index in [1.807, 2.05) is 0 Å². The SMILES string of the molecule is CC(C)(C)N[P+](N=P(N1CCCC1)(N1CCCC1)N1CCCC1)(N=P(N1CCCC1)(N1CCCC1)N1CCCC1)N1CCCC1. The Hall–Kier alpha value is 0.570. The van der Waals surface area contributed by atoms with Gasteiger partial charge in [-0.1, -0.05) is 0 Å². The van der Waals surface area contributed by atoms with E-state index < -0.39 is 22.9 Å². The number of hydrogen-bond acceptors (Lipinski definition) is 4. The molecule has 45 heavy (non-hydrogen) atoms. The van der Waals surface area contributed by atoms with E-state index >= 15 is 0 Å². The molecule has 13 heteroatoms. The zero-order chi connectivity index (χ0) is 31.0. The van der Waals surface area contributed by atoms with Crippen molar-refractivity contribution in [2.45, 2.75) is 116 Å². The van der Waals surface area contributed by atoms with Gasteiger partial charge in [-0.15, -0.1) is 9.76 Å². The summed E-state index contributed by atoms with van der Waals surface area (Å²) in [6.07, 6.45) is 18.4. The molecule has 0 aromatic heterocycles. The Morgan fingerprint density at radius 2 is 0.622 bits per heavy atom. The molecule has 0 bridgehead atoms. The summed E-state index contributed by atoms with van der Waals surface area (Å²) < 4.78 is 34.1. The zero-order valence-corrected chi connectivity index (χ0v) is 31.8. The maximum atomic E-state index is 6.75. The molecule has 7 rings (SSSR count). The Kier molecular flexibility index (Phi) is 10.9. The average molecular weight is 684 g/mol. The molecule has 7 aliphatic heterocycles. The molecule has 0 unspecified atom stereocenters. The zero-order valence-electron chi connectivity index (χ0n) is 29.2. The highest BCUT2D eigenvalue weighted by atomic mass is 31.3. The molecule has 0 atom stereocenters. The molecule has 10 nitrogen and oxygen atoms in total. The van der Waals surface area contributed by atoms with Gasteiger partial charge < -0.3 is 0 Å². The van der Waals surface area contributed by atoms with E-state index in [0.29, 0.717) is 0 Å². The number of nitrogens with zero attached hydrogens (tertiary/aromatic N) is 9. The van der Waals surface area contributed by atoms with E-state index in [4.69, 9.17) is 9.03 Å². The van der Waals surface area contributed by atoms with Crippen LogP contribution in [0.3, 0.4) is 0 Å². The Labute approximate surface area is 277 Å². The van der Waals surface area contributed by atoms with Gasteiger partial charge in [-0.25, -0.2) is 28.0 Å². The first-order valence-corrected chi connectivity index (χ1v) is 23.9. The van der Waals surface area contributed by atoms with Crippen molar-refractivity contribution in [2.24, 2.45) is 9.03 Å². The van der Waals surface area contributed by atoms with Crippen LogP contribution in [0.15, 0.2) is 9.03 Å². The van der Waals surface area contributed by atoms with Gasteiger partial charge >= 0.3 is 7.87 Å². The van der Waals surface area contributed by atoms with Crippen molar-refractivity contribution in [3.63, 3.8) is 0 Å². The fourth-order valence-electron chi connectivity index (χ4n) is 9.24. The predicted octanol–water partition coefficient (Wildman–Crippen LogP) is 7.62. The largest absolute Gasteiger partial charge is 0.402 e. The van der Waals surface area contributed by atoms with Crippen molar-refractivity contribution in [3.8, 4) is 0 Å². The summed E-state index contributed by atoms with van der Waals surface area (Å²) in [5, 5.41) is 4.46. The molecule has 7 saturated heterocycles. The van der Waals surface area contributed by atoms with Crippen molar-refractivity contribution in [3.05, 3.63) is 0 Å². The second-order valence-corrected chi connectivity index (χ2v) is 24.7. The molecule has 7 heterocycles. The number of nitrogens with one attached hydrogen (secondary N) is 1. The standard InChI is InChI=1S/C32H66N10P3/c1-32(2,3)33-43(36-18-4-5-19-36,34-44(37-20-6-7-21-37,38-22-8-9-23-38)39-24-10-11-25-39)35-45(40-26-12-13-27-40,41-28-14-15-29-41)42-30-16-17-31-42/h33H,4-31H2,1-3H3/q+1. The lowest BCUT2D eigenvalue weighted by Gasteiger charge is -2.48. The summed E-state index contributed by atoms with van der Waals surface area (Å²) in [7, 11) is -6.82. The highest BCUT2D eigenvalue weighted by Crippen LogP contribution is 2.80. The summed E-state index contributed by atoms with van der Waals surface area (Å²) in [6.45, 7) is 24.1. The minimum absolute atomic E-state index is 0.0727. The van der Waals surface area contributed by atoms with Crippen molar-refractivity contribution in [1.82, 2.24) is 37.8 Å². The smallest absolute Gasteiger partial charge is 0.243 e. The van der Waals surface area contributed by atoms with Crippen molar-refractivity contribution < 1.29 is 0 Å². The van der Waals surface area contributed by atoms with Crippen LogP contribution in [-0.4, -0.2) is 130 Å². The van der Waals surface area contributed by atoms with Crippen LogP contribution in [-0.2, 0) is 0 Å². The molecule has 258 valence electrons. The second kappa shape index (κ2) is 14.4. The van der Waals surface area contributed by atoms with Crippen molar-refractivity contribution in [1.29, 1.82) is 0 Å². The van der Waals surface area contributed by atoms with E-state index in [1.54, 1.807) is 0 Å². The fraction of sp³-hybridized carbons (Fsp3) is 1.00. The van der Waals surface area contributed by atoms with Crippen LogP contribution in [0.5, 0.6) is 0 Å². The first kappa shape index (κ1) is 34.0. The molecule has 0 aliphatic carbocycles. The van der Waals surface area contributed by atoms with E-state index in [0.717, 1.165) is 13.1 Å². The lowest BCUT2D eigenvalue weighted by atomic mass is 10.1. The first-order valence-electron chi connectivity index (χ1n) is 19.1. The molecule has 0 spiro atoms. The average Bonchev–Trinajstić information content (AvgIpc) is 3.90. The molecule has 0 aromatic carbocycles. The van der Waals surface area contributed by atoms with Gasteiger partial charge in [0, 0.05) is 97.2 Å². The lowest BCUT2D eigenvalue weighted by Crippen LogP contribution is -2.44. The topological polar surface area (TPSA) is 59.4 Å². The molecular formula is C32H66N10P3+. The molecule has 1 N–H and O–H groups in total. The Morgan fingerprint density at radius 1 is 0.400 bits per heavy atom. The molecule has 7 fully saturated rings. The molecular weight excluding hydrogens is 617 g/mol. The van der Waals surface area contributed by atoms with Gasteiger partial charge in [-0.3, -0.25) is 0 Å². The lowest BCUT2D eigenvalue weighted by molar-refractivity contribution is 0.381. The van der Waals surface area contributed by atoms with Crippen molar-refractivity contribution in [2.75, 3.05) is 91.6 Å². The molecule has 7 aliphatic rings. The second-order valence-electron chi connectivity index (χ2n) is 15.8. The maximum Gasteiger partial charge on any atom is 0.402 e. The van der Waals surface area contributed by atoms with Crippen LogP contribution in [0.1, 0.15) is 111 Å². The van der Waals surface area contributed by atoms with Crippen LogP contribution in [0.25, 0.3) is 0 Å². The summed E-state index contributed by atoms with van der Waals surface area (Å²) >= 11 is 0. The Balaban J connectivity index is 1.55. The summed E-state index contributed by atoms with van der Waals surface area (Å²) in [4.78, 5) is 0. The van der Waals surface area contributed by atoms with Crippen LogP contribution in [0, 0.1) is 0 Å². The monoisotopic (exact) mass is 683 g/mol. The van der Waals surface area contributed by atoms with Gasteiger partial charge in [0.25, 0.3) is 0 Å².